The zero-order valence-corrected chi connectivity index (χ0v) is 17.2. The topological polar surface area (TPSA) is 90.4 Å². The first kappa shape index (κ1) is 21.9. The lowest BCUT2D eigenvalue weighted by Gasteiger charge is -2.20. The van der Waals surface area contributed by atoms with Gasteiger partial charge in [0, 0.05) is 12.4 Å². The summed E-state index contributed by atoms with van der Waals surface area (Å²) in [5, 5.41) is 3.45. The van der Waals surface area contributed by atoms with Gasteiger partial charge in [-0.05, 0) is 44.5 Å². The van der Waals surface area contributed by atoms with Gasteiger partial charge in [0.2, 0.25) is 6.10 Å². The highest BCUT2D eigenvalue weighted by Gasteiger charge is 2.27. The molecule has 1 aromatic heterocycles. The van der Waals surface area contributed by atoms with Crippen molar-refractivity contribution in [3.05, 3.63) is 58.1 Å². The number of carbonyl (C=O) groups excluding carboxylic acids is 2. The molecule has 0 aliphatic rings. The van der Waals surface area contributed by atoms with Crippen molar-refractivity contribution in [2.75, 3.05) is 0 Å². The zero-order valence-electron chi connectivity index (χ0n) is 15.7. The molecule has 1 unspecified atom stereocenters. The maximum atomic E-state index is 12.3. The summed E-state index contributed by atoms with van der Waals surface area (Å²) >= 11 is 11.9. The highest BCUT2D eigenvalue weighted by Crippen LogP contribution is 2.25. The Hall–Kier alpha value is -2.38. The Bertz CT molecular complexity index is 818. The fourth-order valence-electron chi connectivity index (χ4n) is 2.29. The maximum Gasteiger partial charge on any atom is 0.408 e. The number of hydrogen-bond acceptors (Lipinski definition) is 6. The number of amides is 1. The largest absolute Gasteiger partial charge is 0.460 e. The summed E-state index contributed by atoms with van der Waals surface area (Å²) in [5.74, 6) is -0.307. The number of nitrogens with zero attached hydrogens (tertiary/aromatic N) is 2. The van der Waals surface area contributed by atoms with E-state index >= 15 is 0 Å². The summed E-state index contributed by atoms with van der Waals surface area (Å²) in [4.78, 5) is 32.8. The molecule has 150 valence electrons. The summed E-state index contributed by atoms with van der Waals surface area (Å²) in [7, 11) is 0. The molecular weight excluding hydrogens is 405 g/mol. The van der Waals surface area contributed by atoms with Crippen LogP contribution < -0.4 is 5.32 Å². The molecule has 1 aromatic carbocycles. The van der Waals surface area contributed by atoms with Crippen molar-refractivity contribution in [3.63, 3.8) is 0 Å². The van der Waals surface area contributed by atoms with Gasteiger partial charge in [-0.1, -0.05) is 29.3 Å². The van der Waals surface area contributed by atoms with Crippen LogP contribution in [0, 0.1) is 0 Å². The second kappa shape index (κ2) is 10.2. The van der Waals surface area contributed by atoms with Crippen LogP contribution in [0.3, 0.4) is 0 Å². The van der Waals surface area contributed by atoms with Gasteiger partial charge in [-0.3, -0.25) is 0 Å². The van der Waals surface area contributed by atoms with Gasteiger partial charge in [-0.25, -0.2) is 19.6 Å². The molecule has 0 bridgehead atoms. The Kier molecular flexibility index (Phi) is 8.02. The fraction of sp³-hybridized carbons (Fsp3) is 0.368. The third kappa shape index (κ3) is 6.65. The van der Waals surface area contributed by atoms with Crippen molar-refractivity contribution < 1.29 is 19.1 Å². The number of hydrogen-bond donors (Lipinski definition) is 1. The summed E-state index contributed by atoms with van der Waals surface area (Å²) < 4.78 is 10.5. The molecule has 28 heavy (non-hydrogen) atoms. The van der Waals surface area contributed by atoms with Gasteiger partial charge in [-0.2, -0.15) is 0 Å². The van der Waals surface area contributed by atoms with Crippen LogP contribution in [-0.2, 0) is 20.7 Å². The first-order valence-corrected chi connectivity index (χ1v) is 9.40. The van der Waals surface area contributed by atoms with E-state index in [1.54, 1.807) is 57.4 Å². The minimum Gasteiger partial charge on any atom is -0.460 e. The molecule has 2 atom stereocenters. The number of ether oxygens (including phenoxy) is 2. The molecule has 2 aromatic rings. The normalized spacial score (nSPS) is 12.9. The number of rotatable bonds is 7. The molecule has 2 rings (SSSR count). The minimum atomic E-state index is -1.18. The molecule has 9 heteroatoms. The lowest BCUT2D eigenvalue weighted by atomic mass is 10.1. The third-order valence-corrected chi connectivity index (χ3v) is 4.37. The zero-order chi connectivity index (χ0) is 20.7. The number of nitrogens with one attached hydrogen (secondary N) is 1. The van der Waals surface area contributed by atoms with Crippen LogP contribution >= 0.6 is 23.2 Å². The van der Waals surface area contributed by atoms with E-state index in [0.29, 0.717) is 15.9 Å². The fourth-order valence-corrected chi connectivity index (χ4v) is 2.59. The number of aromatic nitrogens is 2. The quantitative estimate of drug-likeness (QED) is 0.670. The van der Waals surface area contributed by atoms with Gasteiger partial charge in [0.05, 0.1) is 28.6 Å². The van der Waals surface area contributed by atoms with Crippen molar-refractivity contribution in [1.82, 2.24) is 15.3 Å². The summed E-state index contributed by atoms with van der Waals surface area (Å²) in [5.41, 5.74) is 0.735. The first-order chi connectivity index (χ1) is 13.3. The number of esters is 1. The van der Waals surface area contributed by atoms with E-state index < -0.39 is 24.2 Å². The maximum absolute atomic E-state index is 12.3. The van der Waals surface area contributed by atoms with Crippen LogP contribution in [0.2, 0.25) is 10.0 Å². The predicted molar refractivity (Wildman–Crippen MR) is 105 cm³/mol. The average molecular weight is 426 g/mol. The monoisotopic (exact) mass is 425 g/mol. The predicted octanol–water partition coefficient (Wildman–Crippen LogP) is 4.13. The lowest BCUT2D eigenvalue weighted by Crippen LogP contribution is -2.38. The van der Waals surface area contributed by atoms with Crippen molar-refractivity contribution in [3.8, 4) is 0 Å². The number of halogens is 2. The Morgan fingerprint density at radius 1 is 1.07 bits per heavy atom. The van der Waals surface area contributed by atoms with Crippen LogP contribution in [0.1, 0.15) is 38.2 Å². The molecule has 1 N–H and O–H groups in total. The van der Waals surface area contributed by atoms with Gasteiger partial charge in [-0.15, -0.1) is 0 Å². The van der Waals surface area contributed by atoms with E-state index in [2.05, 4.69) is 15.3 Å². The first-order valence-electron chi connectivity index (χ1n) is 8.64. The molecular formula is C19H21Cl2N3O4. The molecule has 0 spiro atoms. The number of benzene rings is 1. The van der Waals surface area contributed by atoms with Gasteiger partial charge < -0.3 is 14.8 Å². The second-order valence-corrected chi connectivity index (χ2v) is 7.10. The van der Waals surface area contributed by atoms with Gasteiger partial charge in [0.25, 0.3) is 0 Å². The van der Waals surface area contributed by atoms with Crippen LogP contribution in [0.15, 0.2) is 36.7 Å². The third-order valence-electron chi connectivity index (χ3n) is 3.63. The smallest absolute Gasteiger partial charge is 0.408 e. The van der Waals surface area contributed by atoms with E-state index in [0.717, 1.165) is 5.56 Å². The number of alkyl carbamates (subject to hydrolysis) is 1. The van der Waals surface area contributed by atoms with Gasteiger partial charge in [0.1, 0.15) is 5.82 Å². The van der Waals surface area contributed by atoms with Gasteiger partial charge in [0.15, 0.2) is 0 Å². The standard InChI is InChI=1S/C19H21Cl2N3O4/c1-11(2)27-18(25)16(10-17-22-7-4-8-23-17)28-19(26)24-12(3)13-5-6-14(20)15(21)9-13/h4-9,11-12,16H,10H2,1-3H3,(H,24,26)/t12-,16?/m0/s1. The molecule has 0 saturated heterocycles. The molecule has 0 saturated carbocycles. The molecule has 0 fully saturated rings. The second-order valence-electron chi connectivity index (χ2n) is 6.29. The van der Waals surface area contributed by atoms with Crippen molar-refractivity contribution in [1.29, 1.82) is 0 Å². The summed E-state index contributed by atoms with van der Waals surface area (Å²) in [6, 6.07) is 6.26. The highest BCUT2D eigenvalue weighted by atomic mass is 35.5. The molecule has 7 nitrogen and oxygen atoms in total. The summed E-state index contributed by atoms with van der Waals surface area (Å²) in [6.45, 7) is 5.17. The summed E-state index contributed by atoms with van der Waals surface area (Å²) in [6.07, 6.45) is 0.777. The molecule has 0 aliphatic heterocycles. The molecule has 0 aliphatic carbocycles. The SMILES string of the molecule is CC(C)OC(=O)C(Cc1ncccn1)OC(=O)N[C@@H](C)c1ccc(Cl)c(Cl)c1. The van der Waals surface area contributed by atoms with Gasteiger partial charge >= 0.3 is 12.1 Å². The van der Waals surface area contributed by atoms with Crippen molar-refractivity contribution >= 4 is 35.3 Å². The van der Waals surface area contributed by atoms with Crippen molar-refractivity contribution in [2.45, 2.75) is 45.4 Å². The Labute approximate surface area is 173 Å². The van der Waals surface area contributed by atoms with Crippen LogP contribution in [0.5, 0.6) is 0 Å². The van der Waals surface area contributed by atoms with Crippen LogP contribution in [0.4, 0.5) is 4.79 Å². The number of carbonyl (C=O) groups is 2. The van der Waals surface area contributed by atoms with E-state index in [9.17, 15) is 9.59 Å². The van der Waals surface area contributed by atoms with E-state index in [-0.39, 0.29) is 12.5 Å². The van der Waals surface area contributed by atoms with E-state index in [1.165, 1.54) is 0 Å². The van der Waals surface area contributed by atoms with Crippen LogP contribution in [0.25, 0.3) is 0 Å². The molecule has 1 amide bonds. The highest BCUT2D eigenvalue weighted by molar-refractivity contribution is 6.42. The lowest BCUT2D eigenvalue weighted by molar-refractivity contribution is -0.157. The Morgan fingerprint density at radius 3 is 2.36 bits per heavy atom. The van der Waals surface area contributed by atoms with Crippen molar-refractivity contribution in [2.24, 2.45) is 0 Å². The molecule has 1 heterocycles. The van der Waals surface area contributed by atoms with E-state index in [1.807, 2.05) is 0 Å². The molecule has 0 radical (unpaired) electrons. The van der Waals surface area contributed by atoms with E-state index in [4.69, 9.17) is 32.7 Å². The Morgan fingerprint density at radius 2 is 1.75 bits per heavy atom. The van der Waals surface area contributed by atoms with Crippen LogP contribution in [-0.4, -0.2) is 34.2 Å². The average Bonchev–Trinajstić information content (AvgIpc) is 2.63. The Balaban J connectivity index is 2.05. The minimum absolute atomic E-state index is 0.000960.